The van der Waals surface area contributed by atoms with Crippen molar-refractivity contribution in [2.75, 3.05) is 5.32 Å². The Labute approximate surface area is 186 Å². The Balaban J connectivity index is 1.57. The smallest absolute Gasteiger partial charge is 0.416 e. The second kappa shape index (κ2) is 8.81. The summed E-state index contributed by atoms with van der Waals surface area (Å²) >= 11 is 0. The summed E-state index contributed by atoms with van der Waals surface area (Å²) in [5.41, 5.74) is 1.11. The van der Waals surface area contributed by atoms with Crippen LogP contribution in [-0.2, 0) is 12.8 Å². The third-order valence-electron chi connectivity index (χ3n) is 4.98. The van der Waals surface area contributed by atoms with Crippen LogP contribution < -0.4 is 10.1 Å². The Bertz CT molecular complexity index is 1260. The molecule has 0 aliphatic heterocycles. The minimum absolute atomic E-state index is 0.0273. The number of halogens is 3. The first-order chi connectivity index (χ1) is 15.7. The van der Waals surface area contributed by atoms with E-state index >= 15 is 0 Å². The van der Waals surface area contributed by atoms with Crippen molar-refractivity contribution in [2.24, 2.45) is 0 Å². The average molecular weight is 456 g/mol. The van der Waals surface area contributed by atoms with E-state index in [1.807, 2.05) is 0 Å². The number of aryl methyl sites for hydroxylation is 2. The molecule has 0 aliphatic rings. The lowest BCUT2D eigenvalue weighted by Gasteiger charge is -2.15. The summed E-state index contributed by atoms with van der Waals surface area (Å²) < 4.78 is 52.0. The lowest BCUT2D eigenvalue weighted by Crippen LogP contribution is -2.16. The van der Waals surface area contributed by atoms with Gasteiger partial charge in [-0.3, -0.25) is 4.79 Å². The van der Waals surface area contributed by atoms with E-state index in [1.54, 1.807) is 44.3 Å². The van der Waals surface area contributed by atoms with E-state index in [-0.39, 0.29) is 17.9 Å². The molecule has 4 rings (SSSR count). The first-order valence-electron chi connectivity index (χ1n) is 9.89. The standard InChI is InChI=1S/C23H19F3N4O3/c1-14-19(15(2)33-29-14)13-32-18-6-3-5-16(11-18)22(31)28-20-12-17(23(24,25)26)7-8-21(20)30-10-4-9-27-30/h3-12H,13H2,1-2H3,(H,28,31). The predicted octanol–water partition coefficient (Wildman–Crippen LogP) is 5.33. The minimum Gasteiger partial charge on any atom is -0.489 e. The first-order valence-corrected chi connectivity index (χ1v) is 9.89. The zero-order chi connectivity index (χ0) is 23.6. The fourth-order valence-electron chi connectivity index (χ4n) is 3.21. The Hall–Kier alpha value is -4.08. The molecule has 1 amide bonds. The van der Waals surface area contributed by atoms with Gasteiger partial charge in [-0.1, -0.05) is 11.2 Å². The minimum atomic E-state index is -4.56. The predicted molar refractivity (Wildman–Crippen MR) is 113 cm³/mol. The highest BCUT2D eigenvalue weighted by Crippen LogP contribution is 2.33. The van der Waals surface area contributed by atoms with Gasteiger partial charge in [0.1, 0.15) is 18.1 Å². The third-order valence-corrected chi connectivity index (χ3v) is 4.98. The van der Waals surface area contributed by atoms with Crippen molar-refractivity contribution in [3.8, 4) is 11.4 Å². The number of nitrogens with zero attached hydrogens (tertiary/aromatic N) is 3. The molecule has 2 aromatic heterocycles. The van der Waals surface area contributed by atoms with Crippen LogP contribution in [0.25, 0.3) is 5.69 Å². The van der Waals surface area contributed by atoms with Crippen LogP contribution in [0.4, 0.5) is 18.9 Å². The van der Waals surface area contributed by atoms with Crippen LogP contribution in [0.3, 0.4) is 0 Å². The first kappa shape index (κ1) is 22.1. The number of alkyl halides is 3. The molecule has 0 spiro atoms. The van der Waals surface area contributed by atoms with Gasteiger partial charge in [-0.2, -0.15) is 18.3 Å². The Kier molecular flexibility index (Phi) is 5.91. The van der Waals surface area contributed by atoms with E-state index in [0.717, 1.165) is 17.7 Å². The quantitative estimate of drug-likeness (QED) is 0.424. The molecular formula is C23H19F3N4O3. The molecular weight excluding hydrogens is 437 g/mol. The molecule has 1 N–H and O–H groups in total. The maximum absolute atomic E-state index is 13.3. The summed E-state index contributed by atoms with van der Waals surface area (Å²) in [5, 5.41) is 10.5. The van der Waals surface area contributed by atoms with Crippen molar-refractivity contribution in [1.82, 2.24) is 14.9 Å². The molecule has 7 nitrogen and oxygen atoms in total. The number of nitrogens with one attached hydrogen (secondary N) is 1. The molecule has 2 heterocycles. The van der Waals surface area contributed by atoms with Gasteiger partial charge in [0.15, 0.2) is 0 Å². The highest BCUT2D eigenvalue weighted by atomic mass is 19.4. The van der Waals surface area contributed by atoms with Gasteiger partial charge < -0.3 is 14.6 Å². The van der Waals surface area contributed by atoms with Crippen molar-refractivity contribution >= 4 is 11.6 Å². The number of anilines is 1. The SMILES string of the molecule is Cc1noc(C)c1COc1cccc(C(=O)Nc2cc(C(F)(F)F)ccc2-n2cccn2)c1. The summed E-state index contributed by atoms with van der Waals surface area (Å²) in [6, 6.07) is 11.1. The zero-order valence-electron chi connectivity index (χ0n) is 17.7. The average Bonchev–Trinajstić information content (AvgIpc) is 3.42. The summed E-state index contributed by atoms with van der Waals surface area (Å²) in [4.78, 5) is 12.9. The molecule has 0 bridgehead atoms. The summed E-state index contributed by atoms with van der Waals surface area (Å²) in [6.45, 7) is 3.77. The van der Waals surface area contributed by atoms with Gasteiger partial charge in [-0.25, -0.2) is 4.68 Å². The molecule has 33 heavy (non-hydrogen) atoms. The number of hydrogen-bond donors (Lipinski definition) is 1. The maximum atomic E-state index is 13.3. The molecule has 0 aliphatic carbocycles. The molecule has 4 aromatic rings. The lowest BCUT2D eigenvalue weighted by atomic mass is 10.1. The third kappa shape index (κ3) is 4.89. The number of carbonyl (C=O) groups excluding carboxylic acids is 1. The van der Waals surface area contributed by atoms with Gasteiger partial charge >= 0.3 is 6.18 Å². The number of rotatable bonds is 6. The molecule has 2 aromatic carbocycles. The molecule has 0 saturated carbocycles. The molecule has 0 saturated heterocycles. The number of aromatic nitrogens is 3. The molecule has 0 fully saturated rings. The summed E-state index contributed by atoms with van der Waals surface area (Å²) in [6.07, 6.45) is -1.50. The van der Waals surface area contributed by atoms with E-state index in [1.165, 1.54) is 23.0 Å². The topological polar surface area (TPSA) is 82.2 Å². The van der Waals surface area contributed by atoms with Crippen molar-refractivity contribution in [1.29, 1.82) is 0 Å². The molecule has 0 atom stereocenters. The van der Waals surface area contributed by atoms with Crippen molar-refractivity contribution in [3.05, 3.63) is 89.1 Å². The van der Waals surface area contributed by atoms with Crippen molar-refractivity contribution in [2.45, 2.75) is 26.6 Å². The zero-order valence-corrected chi connectivity index (χ0v) is 17.7. The van der Waals surface area contributed by atoms with E-state index in [9.17, 15) is 18.0 Å². The van der Waals surface area contributed by atoms with Crippen LogP contribution in [-0.4, -0.2) is 20.8 Å². The Morgan fingerprint density at radius 2 is 1.97 bits per heavy atom. The summed E-state index contributed by atoms with van der Waals surface area (Å²) in [7, 11) is 0. The number of amides is 1. The number of ether oxygens (including phenoxy) is 1. The second-order valence-electron chi connectivity index (χ2n) is 7.25. The highest BCUT2D eigenvalue weighted by Gasteiger charge is 2.31. The fourth-order valence-corrected chi connectivity index (χ4v) is 3.21. The number of carbonyl (C=O) groups is 1. The van der Waals surface area contributed by atoms with Crippen LogP contribution >= 0.6 is 0 Å². The Morgan fingerprint density at radius 1 is 1.15 bits per heavy atom. The molecule has 170 valence electrons. The van der Waals surface area contributed by atoms with Gasteiger partial charge in [0.2, 0.25) is 0 Å². The van der Waals surface area contributed by atoms with Gasteiger partial charge in [-0.05, 0) is 56.3 Å². The Morgan fingerprint density at radius 3 is 2.64 bits per heavy atom. The monoisotopic (exact) mass is 456 g/mol. The van der Waals surface area contributed by atoms with E-state index in [0.29, 0.717) is 22.9 Å². The van der Waals surface area contributed by atoms with E-state index in [4.69, 9.17) is 9.26 Å². The second-order valence-corrected chi connectivity index (χ2v) is 7.25. The largest absolute Gasteiger partial charge is 0.489 e. The van der Waals surface area contributed by atoms with Gasteiger partial charge in [-0.15, -0.1) is 0 Å². The molecule has 0 radical (unpaired) electrons. The van der Waals surface area contributed by atoms with Gasteiger partial charge in [0.05, 0.1) is 28.2 Å². The fraction of sp³-hybridized carbons (Fsp3) is 0.174. The maximum Gasteiger partial charge on any atom is 0.416 e. The van der Waals surface area contributed by atoms with Crippen molar-refractivity contribution in [3.63, 3.8) is 0 Å². The van der Waals surface area contributed by atoms with E-state index in [2.05, 4.69) is 15.6 Å². The molecule has 10 heteroatoms. The number of hydrogen-bond acceptors (Lipinski definition) is 5. The van der Waals surface area contributed by atoms with Crippen LogP contribution in [0.1, 0.15) is 32.9 Å². The summed E-state index contributed by atoms with van der Waals surface area (Å²) in [5.74, 6) is 0.460. The number of benzene rings is 2. The van der Waals surface area contributed by atoms with E-state index < -0.39 is 17.6 Å². The normalized spacial score (nSPS) is 11.4. The van der Waals surface area contributed by atoms with Crippen LogP contribution in [0.15, 0.2) is 65.4 Å². The highest BCUT2D eigenvalue weighted by molar-refractivity contribution is 6.05. The van der Waals surface area contributed by atoms with Crippen molar-refractivity contribution < 1.29 is 27.2 Å². The van der Waals surface area contributed by atoms with Gasteiger partial charge in [0.25, 0.3) is 5.91 Å². The van der Waals surface area contributed by atoms with Gasteiger partial charge in [0, 0.05) is 18.0 Å². The molecule has 0 unspecified atom stereocenters. The lowest BCUT2D eigenvalue weighted by molar-refractivity contribution is -0.137. The van der Waals surface area contributed by atoms with Crippen LogP contribution in [0.2, 0.25) is 0 Å². The van der Waals surface area contributed by atoms with Crippen LogP contribution in [0.5, 0.6) is 5.75 Å². The van der Waals surface area contributed by atoms with Crippen LogP contribution in [0, 0.1) is 13.8 Å².